The number of aliphatic hydroxyl groups excluding tert-OH is 1. The maximum atomic E-state index is 12.1. The fourth-order valence-electron chi connectivity index (χ4n) is 1.70. The predicted octanol–water partition coefficient (Wildman–Crippen LogP) is 3.02. The van der Waals surface area contributed by atoms with E-state index in [1.807, 2.05) is 12.1 Å². The second-order valence-electron chi connectivity index (χ2n) is 5.65. The number of aliphatic hydroxyl groups is 1. The molecule has 0 radical (unpaired) electrons. The summed E-state index contributed by atoms with van der Waals surface area (Å²) in [7, 11) is -3.16. The van der Waals surface area contributed by atoms with Crippen molar-refractivity contribution in [3.63, 3.8) is 0 Å². The van der Waals surface area contributed by atoms with Crippen molar-refractivity contribution < 1.29 is 13.5 Å². The quantitative estimate of drug-likeness (QED) is 0.909. The molecule has 0 amide bonds. The zero-order valence-corrected chi connectivity index (χ0v) is 13.1. The van der Waals surface area contributed by atoms with Crippen LogP contribution < -0.4 is 0 Å². The van der Waals surface area contributed by atoms with Crippen LogP contribution in [0.1, 0.15) is 38.7 Å². The van der Waals surface area contributed by atoms with Crippen LogP contribution in [0.25, 0.3) is 0 Å². The summed E-state index contributed by atoms with van der Waals surface area (Å²) in [4.78, 5) is 0. The van der Waals surface area contributed by atoms with Crippen molar-refractivity contribution in [3.05, 3.63) is 34.9 Å². The van der Waals surface area contributed by atoms with E-state index in [1.165, 1.54) is 0 Å². The second kappa shape index (κ2) is 6.25. The highest BCUT2D eigenvalue weighted by Crippen LogP contribution is 2.24. The first-order chi connectivity index (χ1) is 8.67. The van der Waals surface area contributed by atoms with E-state index in [0.29, 0.717) is 11.4 Å². The zero-order valence-electron chi connectivity index (χ0n) is 11.6. The van der Waals surface area contributed by atoms with Crippen LogP contribution in [0.5, 0.6) is 0 Å². The molecule has 0 heterocycles. The monoisotopic (exact) mass is 304 g/mol. The van der Waals surface area contributed by atoms with E-state index in [1.54, 1.807) is 32.9 Å². The van der Waals surface area contributed by atoms with Gasteiger partial charge in [-0.1, -0.05) is 23.7 Å². The Balaban J connectivity index is 2.77. The van der Waals surface area contributed by atoms with Gasteiger partial charge in [0, 0.05) is 17.5 Å². The Labute approximate surface area is 120 Å². The molecule has 0 fully saturated rings. The normalized spacial score (nSPS) is 14.4. The largest absolute Gasteiger partial charge is 0.396 e. The molecule has 3 nitrogen and oxygen atoms in total. The molecular formula is C14H21ClO3S. The Morgan fingerprint density at radius 1 is 1.21 bits per heavy atom. The Hall–Kier alpha value is -0.580. The number of halogens is 1. The lowest BCUT2D eigenvalue weighted by molar-refractivity contribution is 0.262. The van der Waals surface area contributed by atoms with Crippen LogP contribution in [0, 0.1) is 0 Å². The summed E-state index contributed by atoms with van der Waals surface area (Å²) in [6, 6.07) is 7.15. The first kappa shape index (κ1) is 16.5. The van der Waals surface area contributed by atoms with Crippen molar-refractivity contribution in [2.75, 3.05) is 12.4 Å². The fourth-order valence-corrected chi connectivity index (χ4v) is 3.04. The van der Waals surface area contributed by atoms with E-state index in [2.05, 4.69) is 0 Å². The van der Waals surface area contributed by atoms with Crippen LogP contribution in [0.3, 0.4) is 0 Å². The molecule has 0 saturated carbocycles. The molecule has 1 aromatic carbocycles. The molecule has 0 aliphatic heterocycles. The van der Waals surface area contributed by atoms with Gasteiger partial charge in [-0.25, -0.2) is 8.42 Å². The molecule has 1 unspecified atom stereocenters. The minimum atomic E-state index is -3.16. The Morgan fingerprint density at radius 3 is 2.16 bits per heavy atom. The molecule has 1 N–H and O–H groups in total. The van der Waals surface area contributed by atoms with E-state index in [-0.39, 0.29) is 18.3 Å². The van der Waals surface area contributed by atoms with Gasteiger partial charge in [0.05, 0.1) is 10.5 Å². The van der Waals surface area contributed by atoms with Crippen molar-refractivity contribution in [2.45, 2.75) is 37.9 Å². The maximum Gasteiger partial charge on any atom is 0.155 e. The maximum absolute atomic E-state index is 12.1. The Morgan fingerprint density at radius 2 is 1.74 bits per heavy atom. The van der Waals surface area contributed by atoms with E-state index >= 15 is 0 Å². The van der Waals surface area contributed by atoms with Gasteiger partial charge < -0.3 is 5.11 Å². The minimum absolute atomic E-state index is 0.0682. The average molecular weight is 305 g/mol. The second-order valence-corrected chi connectivity index (χ2v) is 8.95. The molecule has 0 bridgehead atoms. The van der Waals surface area contributed by atoms with Gasteiger partial charge in [0.2, 0.25) is 0 Å². The molecule has 0 aliphatic carbocycles. The topological polar surface area (TPSA) is 54.4 Å². The first-order valence-corrected chi connectivity index (χ1v) is 8.29. The van der Waals surface area contributed by atoms with Crippen molar-refractivity contribution in [1.82, 2.24) is 0 Å². The van der Waals surface area contributed by atoms with E-state index < -0.39 is 14.6 Å². The smallest absolute Gasteiger partial charge is 0.155 e. The number of benzene rings is 1. The number of hydrogen-bond donors (Lipinski definition) is 1. The molecule has 0 aliphatic rings. The fraction of sp³-hybridized carbons (Fsp3) is 0.571. The molecule has 0 spiro atoms. The van der Waals surface area contributed by atoms with Crippen molar-refractivity contribution in [1.29, 1.82) is 0 Å². The third-order valence-electron chi connectivity index (χ3n) is 3.23. The van der Waals surface area contributed by atoms with Crippen LogP contribution in [0.4, 0.5) is 0 Å². The van der Waals surface area contributed by atoms with Crippen molar-refractivity contribution in [2.24, 2.45) is 0 Å². The highest BCUT2D eigenvalue weighted by Gasteiger charge is 2.29. The van der Waals surface area contributed by atoms with Gasteiger partial charge in [0.25, 0.3) is 0 Å². The third-order valence-corrected chi connectivity index (χ3v) is 6.12. The number of sulfone groups is 1. The van der Waals surface area contributed by atoms with E-state index in [0.717, 1.165) is 5.56 Å². The highest BCUT2D eigenvalue weighted by atomic mass is 35.5. The van der Waals surface area contributed by atoms with Crippen LogP contribution >= 0.6 is 11.6 Å². The molecule has 1 atom stereocenters. The summed E-state index contributed by atoms with van der Waals surface area (Å²) in [6.07, 6.45) is 0.414. The Kier molecular flexibility index (Phi) is 5.42. The predicted molar refractivity (Wildman–Crippen MR) is 79.4 cm³/mol. The molecule has 0 saturated heterocycles. The van der Waals surface area contributed by atoms with Gasteiger partial charge in [-0.15, -0.1) is 0 Å². The summed E-state index contributed by atoms with van der Waals surface area (Å²) >= 11 is 5.81. The van der Waals surface area contributed by atoms with Gasteiger partial charge >= 0.3 is 0 Å². The SMILES string of the molecule is CC(C)(C)S(=O)(=O)CCC(CO)c1ccc(Cl)cc1. The molecule has 5 heteroatoms. The molecular weight excluding hydrogens is 284 g/mol. The lowest BCUT2D eigenvalue weighted by Crippen LogP contribution is -2.31. The molecule has 1 rings (SSSR count). The molecule has 108 valence electrons. The zero-order chi connectivity index (χ0) is 14.7. The van der Waals surface area contributed by atoms with Gasteiger partial charge in [0.1, 0.15) is 0 Å². The number of rotatable bonds is 5. The van der Waals surface area contributed by atoms with Crippen LogP contribution in [-0.2, 0) is 9.84 Å². The summed E-state index contributed by atoms with van der Waals surface area (Å²) in [6.45, 7) is 5.01. The first-order valence-electron chi connectivity index (χ1n) is 6.26. The third kappa shape index (κ3) is 4.48. The summed E-state index contributed by atoms with van der Waals surface area (Å²) in [5.74, 6) is -0.0981. The average Bonchev–Trinajstić information content (AvgIpc) is 2.30. The summed E-state index contributed by atoms with van der Waals surface area (Å²) < 4.78 is 23.4. The Bertz CT molecular complexity index is 500. The van der Waals surface area contributed by atoms with Gasteiger partial charge in [-0.2, -0.15) is 0 Å². The minimum Gasteiger partial charge on any atom is -0.396 e. The molecule has 1 aromatic rings. The van der Waals surface area contributed by atoms with Gasteiger partial charge in [-0.3, -0.25) is 0 Å². The van der Waals surface area contributed by atoms with Crippen LogP contribution in [0.15, 0.2) is 24.3 Å². The van der Waals surface area contributed by atoms with Gasteiger partial charge in [-0.05, 0) is 44.9 Å². The lowest BCUT2D eigenvalue weighted by Gasteiger charge is -2.21. The lowest BCUT2D eigenvalue weighted by atomic mass is 9.98. The van der Waals surface area contributed by atoms with Gasteiger partial charge in [0.15, 0.2) is 9.84 Å². The standard InChI is InChI=1S/C14H21ClO3S/c1-14(2,3)19(17,18)9-8-12(10-16)11-4-6-13(15)7-5-11/h4-7,12,16H,8-10H2,1-3H3. The summed E-state index contributed by atoms with van der Waals surface area (Å²) in [5.41, 5.74) is 0.913. The summed E-state index contributed by atoms with van der Waals surface area (Å²) in [5, 5.41) is 10.0. The van der Waals surface area contributed by atoms with Crippen molar-refractivity contribution in [3.8, 4) is 0 Å². The molecule has 0 aromatic heterocycles. The number of hydrogen-bond acceptors (Lipinski definition) is 3. The highest BCUT2D eigenvalue weighted by molar-refractivity contribution is 7.92. The van der Waals surface area contributed by atoms with E-state index in [4.69, 9.17) is 11.6 Å². The van der Waals surface area contributed by atoms with Crippen LogP contribution in [-0.4, -0.2) is 30.6 Å². The van der Waals surface area contributed by atoms with Crippen molar-refractivity contribution >= 4 is 21.4 Å². The van der Waals surface area contributed by atoms with E-state index in [9.17, 15) is 13.5 Å². The molecule has 19 heavy (non-hydrogen) atoms. The van der Waals surface area contributed by atoms with Crippen LogP contribution in [0.2, 0.25) is 5.02 Å².